The summed E-state index contributed by atoms with van der Waals surface area (Å²) >= 11 is 8.74. The molecule has 6 nitrogen and oxygen atoms in total. The zero-order valence-corrected chi connectivity index (χ0v) is 17.6. The number of fused-ring (bicyclic) bond motifs is 2. The maximum Gasteiger partial charge on any atom is 0.261 e. The summed E-state index contributed by atoms with van der Waals surface area (Å²) in [6, 6.07) is 15.8. The highest BCUT2D eigenvalue weighted by Crippen LogP contribution is 2.27. The number of carbonyl (C=O) groups is 3. The van der Waals surface area contributed by atoms with E-state index in [1.165, 1.54) is 7.05 Å². The van der Waals surface area contributed by atoms with E-state index in [9.17, 15) is 14.4 Å². The van der Waals surface area contributed by atoms with Crippen LogP contribution in [0.5, 0.6) is 0 Å². The number of hydrogen-bond donors (Lipinski definition) is 2. The molecule has 0 atom stereocenters. The lowest BCUT2D eigenvalue weighted by molar-refractivity contribution is 0.0692. The van der Waals surface area contributed by atoms with Crippen LogP contribution in [0.2, 0.25) is 0 Å². The maximum absolute atomic E-state index is 12.7. The van der Waals surface area contributed by atoms with Crippen molar-refractivity contribution >= 4 is 67.4 Å². The van der Waals surface area contributed by atoms with Crippen molar-refractivity contribution in [3.63, 3.8) is 0 Å². The third-order valence-electron chi connectivity index (χ3n) is 4.69. The Labute approximate surface area is 180 Å². The van der Waals surface area contributed by atoms with Crippen LogP contribution in [0.3, 0.4) is 0 Å². The topological polar surface area (TPSA) is 78.5 Å². The fourth-order valence-corrected chi connectivity index (χ4v) is 3.95. The van der Waals surface area contributed by atoms with Gasteiger partial charge in [-0.15, -0.1) is 0 Å². The Kier molecular flexibility index (Phi) is 4.89. The van der Waals surface area contributed by atoms with Crippen molar-refractivity contribution in [1.29, 1.82) is 0 Å². The fraction of sp³-hybridized carbons (Fsp3) is 0.0476. The molecule has 0 bridgehead atoms. The number of nitrogens with zero attached hydrogens (tertiary/aromatic N) is 1. The lowest BCUT2D eigenvalue weighted by atomic mass is 10.0. The Bertz CT molecular complexity index is 1230. The number of imide groups is 1. The molecule has 1 heterocycles. The fourth-order valence-electron chi connectivity index (χ4n) is 3.24. The van der Waals surface area contributed by atoms with Gasteiger partial charge in [0, 0.05) is 22.8 Å². The van der Waals surface area contributed by atoms with Gasteiger partial charge < -0.3 is 5.32 Å². The second-order valence-electron chi connectivity index (χ2n) is 6.48. The first-order valence-electron chi connectivity index (χ1n) is 8.63. The van der Waals surface area contributed by atoms with Crippen LogP contribution in [0, 0.1) is 0 Å². The minimum Gasteiger partial charge on any atom is -0.332 e. The lowest BCUT2D eigenvalue weighted by Gasteiger charge is -2.12. The third kappa shape index (κ3) is 3.41. The molecule has 1 aliphatic rings. The van der Waals surface area contributed by atoms with Gasteiger partial charge in [0.15, 0.2) is 5.11 Å². The number of carbonyl (C=O) groups excluding carboxylic acids is 3. The van der Waals surface area contributed by atoms with Crippen LogP contribution in [-0.2, 0) is 0 Å². The second-order valence-corrected chi connectivity index (χ2v) is 7.74. The van der Waals surface area contributed by atoms with Crippen molar-refractivity contribution in [3.8, 4) is 0 Å². The van der Waals surface area contributed by atoms with Crippen LogP contribution >= 0.6 is 28.1 Å². The molecule has 3 aromatic carbocycles. The SMILES string of the molecule is CN1C(=O)c2ccc(NC(=S)NC(=O)c3cccc4c(Br)cccc34)cc2C1=O. The van der Waals surface area contributed by atoms with Crippen molar-refractivity contribution in [1.82, 2.24) is 10.2 Å². The highest BCUT2D eigenvalue weighted by atomic mass is 79.9. The van der Waals surface area contributed by atoms with Gasteiger partial charge in [-0.05, 0) is 53.3 Å². The molecule has 0 aliphatic carbocycles. The van der Waals surface area contributed by atoms with Gasteiger partial charge in [0.1, 0.15) is 0 Å². The molecule has 0 radical (unpaired) electrons. The molecular weight excluding hydrogens is 454 g/mol. The van der Waals surface area contributed by atoms with Gasteiger partial charge in [0.25, 0.3) is 17.7 Å². The number of hydrogen-bond acceptors (Lipinski definition) is 4. The molecule has 0 saturated heterocycles. The van der Waals surface area contributed by atoms with Crippen molar-refractivity contribution in [2.45, 2.75) is 0 Å². The standard InChI is InChI=1S/C21H14BrN3O3S/c1-25-19(27)15-9-8-11(10-16(15)20(25)28)23-21(29)24-18(26)14-6-2-5-13-12(14)4-3-7-17(13)22/h2-10H,1H3,(H2,23,24,26,29). The van der Waals surface area contributed by atoms with Gasteiger partial charge >= 0.3 is 0 Å². The van der Waals surface area contributed by atoms with Gasteiger partial charge in [0.2, 0.25) is 0 Å². The molecule has 0 fully saturated rings. The molecule has 4 rings (SSSR count). The van der Waals surface area contributed by atoms with E-state index in [0.717, 1.165) is 20.1 Å². The summed E-state index contributed by atoms with van der Waals surface area (Å²) < 4.78 is 0.896. The molecule has 0 aromatic heterocycles. The predicted octanol–water partition coefficient (Wildman–Crippen LogP) is 3.95. The number of anilines is 1. The molecule has 29 heavy (non-hydrogen) atoms. The van der Waals surface area contributed by atoms with Crippen LogP contribution < -0.4 is 10.6 Å². The van der Waals surface area contributed by atoms with E-state index < -0.39 is 0 Å². The van der Waals surface area contributed by atoms with E-state index in [1.807, 2.05) is 24.3 Å². The van der Waals surface area contributed by atoms with Crippen molar-refractivity contribution in [2.75, 3.05) is 12.4 Å². The smallest absolute Gasteiger partial charge is 0.261 e. The maximum atomic E-state index is 12.7. The molecule has 1 aliphatic heterocycles. The van der Waals surface area contributed by atoms with E-state index in [2.05, 4.69) is 26.6 Å². The summed E-state index contributed by atoms with van der Waals surface area (Å²) in [6.45, 7) is 0. The average molecular weight is 468 g/mol. The molecule has 2 N–H and O–H groups in total. The number of benzene rings is 3. The average Bonchev–Trinajstić information content (AvgIpc) is 2.91. The Morgan fingerprint density at radius 1 is 0.966 bits per heavy atom. The summed E-state index contributed by atoms with van der Waals surface area (Å²) in [5.74, 6) is -1.06. The number of rotatable bonds is 2. The second kappa shape index (κ2) is 7.38. The van der Waals surface area contributed by atoms with E-state index in [4.69, 9.17) is 12.2 Å². The third-order valence-corrected chi connectivity index (χ3v) is 5.58. The van der Waals surface area contributed by atoms with E-state index in [-0.39, 0.29) is 22.8 Å². The Morgan fingerprint density at radius 2 is 1.66 bits per heavy atom. The summed E-state index contributed by atoms with van der Waals surface area (Å²) in [6.07, 6.45) is 0. The molecular formula is C21H14BrN3O3S. The quantitative estimate of drug-likeness (QED) is 0.440. The van der Waals surface area contributed by atoms with Crippen LogP contribution in [0.15, 0.2) is 59.1 Å². The molecule has 0 unspecified atom stereocenters. The number of amides is 3. The molecule has 3 amide bonds. The lowest BCUT2D eigenvalue weighted by Crippen LogP contribution is -2.34. The molecule has 3 aromatic rings. The Morgan fingerprint density at radius 3 is 2.45 bits per heavy atom. The first kappa shape index (κ1) is 19.2. The zero-order chi connectivity index (χ0) is 20.7. The highest BCUT2D eigenvalue weighted by molar-refractivity contribution is 9.10. The summed E-state index contributed by atoms with van der Waals surface area (Å²) in [4.78, 5) is 37.9. The van der Waals surface area contributed by atoms with Gasteiger partial charge in [-0.25, -0.2) is 0 Å². The Balaban J connectivity index is 1.53. The van der Waals surface area contributed by atoms with Gasteiger partial charge in [-0.3, -0.25) is 24.6 Å². The van der Waals surface area contributed by atoms with Gasteiger partial charge in [-0.1, -0.05) is 40.2 Å². The van der Waals surface area contributed by atoms with Crippen LogP contribution in [-0.4, -0.2) is 34.8 Å². The highest BCUT2D eigenvalue weighted by Gasteiger charge is 2.32. The van der Waals surface area contributed by atoms with Gasteiger partial charge in [-0.2, -0.15) is 0 Å². The normalized spacial score (nSPS) is 12.8. The molecule has 0 spiro atoms. The molecule has 8 heteroatoms. The monoisotopic (exact) mass is 467 g/mol. The van der Waals surface area contributed by atoms with Crippen LogP contribution in [0.4, 0.5) is 5.69 Å². The van der Waals surface area contributed by atoms with E-state index in [1.54, 1.807) is 30.3 Å². The largest absolute Gasteiger partial charge is 0.332 e. The summed E-state index contributed by atoms with van der Waals surface area (Å²) in [5.41, 5.74) is 1.64. The van der Waals surface area contributed by atoms with Crippen LogP contribution in [0.25, 0.3) is 10.8 Å². The van der Waals surface area contributed by atoms with Crippen molar-refractivity contribution in [2.24, 2.45) is 0 Å². The Hall–Kier alpha value is -3.10. The summed E-state index contributed by atoms with van der Waals surface area (Å²) in [7, 11) is 1.44. The predicted molar refractivity (Wildman–Crippen MR) is 118 cm³/mol. The first-order valence-corrected chi connectivity index (χ1v) is 9.83. The number of nitrogens with one attached hydrogen (secondary N) is 2. The minimum atomic E-state index is -0.370. The minimum absolute atomic E-state index is 0.0899. The van der Waals surface area contributed by atoms with Crippen molar-refractivity contribution in [3.05, 3.63) is 75.8 Å². The van der Waals surface area contributed by atoms with E-state index in [0.29, 0.717) is 22.4 Å². The number of thiocarbonyl (C=S) groups is 1. The molecule has 0 saturated carbocycles. The zero-order valence-electron chi connectivity index (χ0n) is 15.2. The van der Waals surface area contributed by atoms with E-state index >= 15 is 0 Å². The molecule has 144 valence electrons. The number of halogens is 1. The first-order chi connectivity index (χ1) is 13.9. The summed E-state index contributed by atoms with van der Waals surface area (Å²) in [5, 5.41) is 7.36. The van der Waals surface area contributed by atoms with Crippen molar-refractivity contribution < 1.29 is 14.4 Å². The van der Waals surface area contributed by atoms with Crippen LogP contribution in [0.1, 0.15) is 31.1 Å². The van der Waals surface area contributed by atoms with Gasteiger partial charge in [0.05, 0.1) is 11.1 Å².